The number of carbonyl (C=O) groups is 1. The molecule has 0 saturated carbocycles. The van der Waals surface area contributed by atoms with Gasteiger partial charge in [-0.1, -0.05) is 13.8 Å². The van der Waals surface area contributed by atoms with Crippen LogP contribution in [0.3, 0.4) is 0 Å². The van der Waals surface area contributed by atoms with E-state index in [0.29, 0.717) is 19.4 Å². The fourth-order valence-corrected chi connectivity index (χ4v) is 3.06. The second-order valence-corrected chi connectivity index (χ2v) is 7.47. The van der Waals surface area contributed by atoms with Crippen LogP contribution in [0.5, 0.6) is 0 Å². The van der Waals surface area contributed by atoms with E-state index in [9.17, 15) is 13.2 Å². The average Bonchev–Trinajstić information content (AvgIpc) is 2.43. The van der Waals surface area contributed by atoms with Crippen LogP contribution in [-0.2, 0) is 14.8 Å². The molecule has 1 amide bonds. The zero-order valence-corrected chi connectivity index (χ0v) is 13.5. The maximum Gasteiger partial charge on any atom is 0.242 e. The number of nitrogens with one attached hydrogen (secondary N) is 1. The minimum Gasteiger partial charge on any atom is -0.337 e. The molecule has 1 atom stereocenters. The molecule has 1 unspecified atom stereocenters. The van der Waals surface area contributed by atoms with Gasteiger partial charge in [0, 0.05) is 19.1 Å². The number of carbonyl (C=O) groups excluding carboxylic acids is 1. The molecule has 0 radical (unpaired) electrons. The minimum atomic E-state index is -3.24. The Morgan fingerprint density at radius 1 is 1.35 bits per heavy atom. The third kappa shape index (κ3) is 4.43. The monoisotopic (exact) mass is 305 g/mol. The van der Waals surface area contributed by atoms with Gasteiger partial charge in [0.2, 0.25) is 15.9 Å². The highest BCUT2D eigenvalue weighted by molar-refractivity contribution is 7.88. The maximum absolute atomic E-state index is 12.6. The molecule has 0 aromatic carbocycles. The number of hydrogen-bond donors (Lipinski definition) is 2. The summed E-state index contributed by atoms with van der Waals surface area (Å²) in [6, 6.07) is -0.0907. The summed E-state index contributed by atoms with van der Waals surface area (Å²) in [7, 11) is -3.24. The molecule has 1 aliphatic heterocycles. The van der Waals surface area contributed by atoms with Gasteiger partial charge < -0.3 is 10.6 Å². The average molecular weight is 305 g/mol. The molecule has 1 fully saturated rings. The van der Waals surface area contributed by atoms with E-state index in [-0.39, 0.29) is 18.5 Å². The van der Waals surface area contributed by atoms with Crippen LogP contribution in [0.1, 0.15) is 46.0 Å². The Morgan fingerprint density at radius 3 is 2.45 bits per heavy atom. The normalized spacial score (nSPS) is 21.0. The van der Waals surface area contributed by atoms with Gasteiger partial charge in [-0.25, -0.2) is 13.1 Å². The molecule has 7 heteroatoms. The lowest BCUT2D eigenvalue weighted by atomic mass is 9.90. The van der Waals surface area contributed by atoms with Crippen LogP contribution in [-0.4, -0.2) is 50.2 Å². The molecule has 118 valence electrons. The summed E-state index contributed by atoms with van der Waals surface area (Å²) >= 11 is 0. The lowest BCUT2D eigenvalue weighted by Crippen LogP contribution is -2.60. The molecule has 1 heterocycles. The van der Waals surface area contributed by atoms with E-state index in [4.69, 9.17) is 5.73 Å². The first-order valence-electron chi connectivity index (χ1n) is 7.28. The Kier molecular flexibility index (Phi) is 5.97. The lowest BCUT2D eigenvalue weighted by molar-refractivity contribution is -0.141. The highest BCUT2D eigenvalue weighted by Crippen LogP contribution is 2.23. The molecule has 0 aromatic heterocycles. The third-order valence-electron chi connectivity index (χ3n) is 4.16. The molecule has 1 aliphatic rings. The number of likely N-dealkylation sites (tertiary alicyclic amines) is 1. The van der Waals surface area contributed by atoms with Crippen LogP contribution < -0.4 is 10.5 Å². The van der Waals surface area contributed by atoms with Crippen molar-refractivity contribution in [2.75, 3.05) is 19.3 Å². The largest absolute Gasteiger partial charge is 0.337 e. The first-order valence-corrected chi connectivity index (χ1v) is 9.17. The summed E-state index contributed by atoms with van der Waals surface area (Å²) in [4.78, 5) is 14.4. The van der Waals surface area contributed by atoms with Gasteiger partial charge in [0.25, 0.3) is 0 Å². The molecule has 3 N–H and O–H groups in total. The van der Waals surface area contributed by atoms with Gasteiger partial charge in [-0.05, 0) is 32.1 Å². The van der Waals surface area contributed by atoms with Gasteiger partial charge in [0.1, 0.15) is 0 Å². The van der Waals surface area contributed by atoms with Crippen LogP contribution in [0.2, 0.25) is 0 Å². The first-order chi connectivity index (χ1) is 9.23. The van der Waals surface area contributed by atoms with E-state index < -0.39 is 15.6 Å². The maximum atomic E-state index is 12.6. The zero-order chi connectivity index (χ0) is 15.4. The van der Waals surface area contributed by atoms with Crippen molar-refractivity contribution in [1.82, 2.24) is 9.62 Å². The van der Waals surface area contributed by atoms with Crippen molar-refractivity contribution in [3.8, 4) is 0 Å². The molecule has 0 bridgehead atoms. The number of rotatable bonds is 6. The molecule has 1 saturated heterocycles. The van der Waals surface area contributed by atoms with Gasteiger partial charge in [-0.2, -0.15) is 0 Å². The molecular formula is C13H27N3O3S. The molecule has 0 aliphatic carbocycles. The summed E-state index contributed by atoms with van der Waals surface area (Å²) < 4.78 is 24.9. The molecule has 0 aromatic rings. The molecule has 6 nitrogen and oxygen atoms in total. The Bertz CT molecular complexity index is 432. The summed E-state index contributed by atoms with van der Waals surface area (Å²) in [5.74, 6) is -0.0532. The zero-order valence-electron chi connectivity index (χ0n) is 12.7. The quantitative estimate of drug-likeness (QED) is 0.744. The van der Waals surface area contributed by atoms with Crippen molar-refractivity contribution in [1.29, 1.82) is 0 Å². The lowest BCUT2D eigenvalue weighted by Gasteiger charge is -2.40. The van der Waals surface area contributed by atoms with E-state index in [2.05, 4.69) is 4.72 Å². The van der Waals surface area contributed by atoms with Crippen molar-refractivity contribution < 1.29 is 13.2 Å². The van der Waals surface area contributed by atoms with Crippen LogP contribution in [0.15, 0.2) is 0 Å². The van der Waals surface area contributed by atoms with Gasteiger partial charge in [-0.3, -0.25) is 4.79 Å². The van der Waals surface area contributed by atoms with Crippen LogP contribution >= 0.6 is 0 Å². The Morgan fingerprint density at radius 2 is 1.95 bits per heavy atom. The van der Waals surface area contributed by atoms with E-state index in [0.717, 1.165) is 25.5 Å². The van der Waals surface area contributed by atoms with Gasteiger partial charge in [-0.15, -0.1) is 0 Å². The summed E-state index contributed by atoms with van der Waals surface area (Å²) in [6.45, 7) is 4.76. The number of hydrogen-bond acceptors (Lipinski definition) is 4. The Balaban J connectivity index is 2.80. The Labute approximate surface area is 122 Å². The highest BCUT2D eigenvalue weighted by Gasteiger charge is 2.38. The predicted molar refractivity (Wildman–Crippen MR) is 79.7 cm³/mol. The van der Waals surface area contributed by atoms with Crippen molar-refractivity contribution in [2.24, 2.45) is 5.73 Å². The number of piperidine rings is 1. The molecule has 1 rings (SSSR count). The number of nitrogens with zero attached hydrogens (tertiary/aromatic N) is 1. The molecule has 20 heavy (non-hydrogen) atoms. The van der Waals surface area contributed by atoms with Crippen molar-refractivity contribution in [2.45, 2.75) is 57.5 Å². The summed E-state index contributed by atoms with van der Waals surface area (Å²) in [5.41, 5.74) is 5.35. The summed E-state index contributed by atoms with van der Waals surface area (Å²) in [5, 5.41) is 0. The van der Waals surface area contributed by atoms with E-state index in [1.807, 2.05) is 13.8 Å². The number of sulfonamides is 1. The number of amides is 1. The fraction of sp³-hybridized carbons (Fsp3) is 0.923. The highest BCUT2D eigenvalue weighted by atomic mass is 32.2. The van der Waals surface area contributed by atoms with Crippen molar-refractivity contribution >= 4 is 15.9 Å². The van der Waals surface area contributed by atoms with Gasteiger partial charge >= 0.3 is 0 Å². The van der Waals surface area contributed by atoms with Gasteiger partial charge in [0.15, 0.2) is 0 Å². The van der Waals surface area contributed by atoms with Crippen LogP contribution in [0, 0.1) is 0 Å². The smallest absolute Gasteiger partial charge is 0.242 e. The molecular weight excluding hydrogens is 278 g/mol. The van der Waals surface area contributed by atoms with Gasteiger partial charge in [0.05, 0.1) is 11.8 Å². The molecule has 0 spiro atoms. The van der Waals surface area contributed by atoms with Crippen molar-refractivity contribution in [3.05, 3.63) is 0 Å². The minimum absolute atomic E-state index is 0.0532. The van der Waals surface area contributed by atoms with Crippen LogP contribution in [0.25, 0.3) is 0 Å². The predicted octanol–water partition coefficient (Wildman–Crippen LogP) is 0.434. The standard InChI is InChI=1S/C13H27N3O3S/c1-4-13(14,5-2)12(17)16-9-7-6-8-11(16)10-15-20(3,18)19/h11,15H,4-10,14H2,1-3H3. The third-order valence-corrected chi connectivity index (χ3v) is 4.85. The topological polar surface area (TPSA) is 92.5 Å². The number of nitrogens with two attached hydrogens (primary N) is 1. The second kappa shape index (κ2) is 6.87. The second-order valence-electron chi connectivity index (χ2n) is 5.63. The van der Waals surface area contributed by atoms with Crippen LogP contribution in [0.4, 0.5) is 0 Å². The fourth-order valence-electron chi connectivity index (χ4n) is 2.57. The van der Waals surface area contributed by atoms with E-state index in [1.54, 1.807) is 4.90 Å². The van der Waals surface area contributed by atoms with Crippen molar-refractivity contribution in [3.63, 3.8) is 0 Å². The first kappa shape index (κ1) is 17.4. The van der Waals surface area contributed by atoms with E-state index >= 15 is 0 Å². The summed E-state index contributed by atoms with van der Waals surface area (Å²) in [6.07, 6.45) is 5.08. The SMILES string of the molecule is CCC(N)(CC)C(=O)N1CCCCC1CNS(C)(=O)=O. The Hall–Kier alpha value is -0.660. The van der Waals surface area contributed by atoms with E-state index in [1.165, 1.54) is 0 Å².